The van der Waals surface area contributed by atoms with Crippen molar-refractivity contribution in [3.8, 4) is 5.75 Å². The summed E-state index contributed by atoms with van der Waals surface area (Å²) >= 11 is 0. The van der Waals surface area contributed by atoms with E-state index in [4.69, 9.17) is 4.74 Å². The lowest BCUT2D eigenvalue weighted by Gasteiger charge is -2.18. The Kier molecular flexibility index (Phi) is 7.35. The van der Waals surface area contributed by atoms with Crippen LogP contribution in [0.4, 0.5) is 0 Å². The minimum atomic E-state index is 0. The van der Waals surface area contributed by atoms with Crippen LogP contribution in [0.25, 0.3) is 0 Å². The van der Waals surface area contributed by atoms with Gasteiger partial charge in [0.2, 0.25) is 0 Å². The molecule has 0 bridgehead atoms. The van der Waals surface area contributed by atoms with Crippen molar-refractivity contribution in [2.75, 3.05) is 33.8 Å². The molecule has 1 aliphatic heterocycles. The van der Waals surface area contributed by atoms with E-state index in [0.29, 0.717) is 0 Å². The summed E-state index contributed by atoms with van der Waals surface area (Å²) in [6, 6.07) is 6.48. The van der Waals surface area contributed by atoms with E-state index in [0.717, 1.165) is 31.2 Å². The minimum absolute atomic E-state index is 0. The highest BCUT2D eigenvalue weighted by Crippen LogP contribution is 2.23. The van der Waals surface area contributed by atoms with Gasteiger partial charge in [-0.2, -0.15) is 0 Å². The average molecular weight is 299 g/mol. The predicted molar refractivity (Wildman–Crippen MR) is 86.9 cm³/mol. The van der Waals surface area contributed by atoms with Gasteiger partial charge in [0.1, 0.15) is 5.75 Å². The van der Waals surface area contributed by atoms with E-state index < -0.39 is 0 Å². The molecule has 20 heavy (non-hydrogen) atoms. The van der Waals surface area contributed by atoms with Gasteiger partial charge in [0.25, 0.3) is 0 Å². The second-order valence-electron chi connectivity index (χ2n) is 5.44. The molecule has 1 aliphatic rings. The van der Waals surface area contributed by atoms with Crippen molar-refractivity contribution in [3.05, 3.63) is 29.3 Å². The minimum Gasteiger partial charge on any atom is -0.497 e. The molecule has 0 aliphatic carbocycles. The number of rotatable bonds is 6. The molecule has 1 aromatic rings. The van der Waals surface area contributed by atoms with E-state index in [2.05, 4.69) is 35.3 Å². The van der Waals surface area contributed by atoms with Gasteiger partial charge >= 0.3 is 0 Å². The molecule has 0 aromatic heterocycles. The number of benzene rings is 1. The highest BCUT2D eigenvalue weighted by Gasteiger charge is 2.22. The van der Waals surface area contributed by atoms with E-state index in [1.165, 1.54) is 30.6 Å². The predicted octanol–water partition coefficient (Wildman–Crippen LogP) is 2.72. The molecule has 114 valence electrons. The molecule has 0 amide bonds. The lowest BCUT2D eigenvalue weighted by molar-refractivity contribution is 0.314. The summed E-state index contributed by atoms with van der Waals surface area (Å²) in [5.74, 6) is 1.78. The fraction of sp³-hybridized carbons (Fsp3) is 0.625. The maximum absolute atomic E-state index is 5.31. The summed E-state index contributed by atoms with van der Waals surface area (Å²) < 4.78 is 5.31. The molecular weight excluding hydrogens is 272 g/mol. The standard InChI is InChI=1S/C16H26N2O.ClH/c1-4-14-9-16(19-3)6-5-15(14)12-18-8-7-13(11-18)10-17-2;/h5-6,9,13,17H,4,7-8,10-12H2,1-3H3;1H. The second-order valence-corrected chi connectivity index (χ2v) is 5.44. The van der Waals surface area contributed by atoms with Crippen molar-refractivity contribution < 1.29 is 4.74 Å². The molecule has 1 unspecified atom stereocenters. The van der Waals surface area contributed by atoms with Crippen molar-refractivity contribution >= 4 is 12.4 Å². The van der Waals surface area contributed by atoms with E-state index >= 15 is 0 Å². The maximum atomic E-state index is 5.31. The molecule has 1 fully saturated rings. The number of nitrogens with one attached hydrogen (secondary N) is 1. The third-order valence-electron chi connectivity index (χ3n) is 4.05. The Bertz CT molecular complexity index is 411. The Hall–Kier alpha value is -0.770. The molecule has 1 saturated heterocycles. The third kappa shape index (κ3) is 4.37. The topological polar surface area (TPSA) is 24.5 Å². The van der Waals surface area contributed by atoms with Gasteiger partial charge in [-0.1, -0.05) is 13.0 Å². The zero-order chi connectivity index (χ0) is 13.7. The summed E-state index contributed by atoms with van der Waals surface area (Å²) in [5.41, 5.74) is 2.87. The van der Waals surface area contributed by atoms with Crippen LogP contribution in [0.3, 0.4) is 0 Å². The van der Waals surface area contributed by atoms with Gasteiger partial charge in [-0.15, -0.1) is 12.4 Å². The lowest BCUT2D eigenvalue weighted by atomic mass is 10.0. The first-order chi connectivity index (χ1) is 9.26. The fourth-order valence-electron chi connectivity index (χ4n) is 2.97. The van der Waals surface area contributed by atoms with Gasteiger partial charge in [0, 0.05) is 13.1 Å². The molecule has 1 aromatic carbocycles. The van der Waals surface area contributed by atoms with Crippen LogP contribution in [0, 0.1) is 5.92 Å². The van der Waals surface area contributed by atoms with Gasteiger partial charge in [0.15, 0.2) is 0 Å². The Morgan fingerprint density at radius 1 is 1.35 bits per heavy atom. The number of aryl methyl sites for hydroxylation is 1. The Morgan fingerprint density at radius 2 is 2.15 bits per heavy atom. The quantitative estimate of drug-likeness (QED) is 0.874. The van der Waals surface area contributed by atoms with Crippen LogP contribution >= 0.6 is 12.4 Å². The van der Waals surface area contributed by atoms with E-state index in [-0.39, 0.29) is 12.4 Å². The monoisotopic (exact) mass is 298 g/mol. The highest BCUT2D eigenvalue weighted by atomic mass is 35.5. The molecule has 3 nitrogen and oxygen atoms in total. The van der Waals surface area contributed by atoms with E-state index in [9.17, 15) is 0 Å². The van der Waals surface area contributed by atoms with Gasteiger partial charge < -0.3 is 10.1 Å². The molecule has 4 heteroatoms. The Balaban J connectivity index is 0.00000200. The highest BCUT2D eigenvalue weighted by molar-refractivity contribution is 5.85. The van der Waals surface area contributed by atoms with E-state index in [1.807, 2.05) is 7.05 Å². The molecule has 1 N–H and O–H groups in total. The summed E-state index contributed by atoms with van der Waals surface area (Å²) in [4.78, 5) is 2.57. The molecule has 0 saturated carbocycles. The number of halogens is 1. The number of ether oxygens (including phenoxy) is 1. The first-order valence-electron chi connectivity index (χ1n) is 7.29. The smallest absolute Gasteiger partial charge is 0.119 e. The lowest BCUT2D eigenvalue weighted by Crippen LogP contribution is -2.24. The normalized spacial score (nSPS) is 18.9. The van der Waals surface area contributed by atoms with Crippen LogP contribution in [-0.4, -0.2) is 38.7 Å². The van der Waals surface area contributed by atoms with Crippen molar-refractivity contribution in [3.63, 3.8) is 0 Å². The molecule has 0 radical (unpaired) electrons. The second kappa shape index (κ2) is 8.50. The van der Waals surface area contributed by atoms with Crippen LogP contribution in [0.2, 0.25) is 0 Å². The van der Waals surface area contributed by atoms with Crippen LogP contribution in [-0.2, 0) is 13.0 Å². The van der Waals surface area contributed by atoms with Crippen molar-refractivity contribution in [2.24, 2.45) is 5.92 Å². The fourth-order valence-corrected chi connectivity index (χ4v) is 2.97. The van der Waals surface area contributed by atoms with Crippen LogP contribution in [0.1, 0.15) is 24.5 Å². The Morgan fingerprint density at radius 3 is 2.80 bits per heavy atom. The number of likely N-dealkylation sites (tertiary alicyclic amines) is 1. The van der Waals surface area contributed by atoms with Gasteiger partial charge in [-0.25, -0.2) is 0 Å². The number of hydrogen-bond acceptors (Lipinski definition) is 3. The average Bonchev–Trinajstić information content (AvgIpc) is 2.87. The summed E-state index contributed by atoms with van der Waals surface area (Å²) in [7, 11) is 3.78. The van der Waals surface area contributed by atoms with Gasteiger partial charge in [-0.3, -0.25) is 4.90 Å². The summed E-state index contributed by atoms with van der Waals surface area (Å²) in [6.07, 6.45) is 2.39. The number of hydrogen-bond donors (Lipinski definition) is 1. The maximum Gasteiger partial charge on any atom is 0.119 e. The largest absolute Gasteiger partial charge is 0.497 e. The van der Waals surface area contributed by atoms with Crippen LogP contribution in [0.15, 0.2) is 18.2 Å². The van der Waals surface area contributed by atoms with Crippen molar-refractivity contribution in [1.82, 2.24) is 10.2 Å². The van der Waals surface area contributed by atoms with Crippen molar-refractivity contribution in [1.29, 1.82) is 0 Å². The number of nitrogens with zero attached hydrogens (tertiary/aromatic N) is 1. The molecule has 1 atom stereocenters. The zero-order valence-electron chi connectivity index (χ0n) is 12.8. The Labute approximate surface area is 129 Å². The van der Waals surface area contributed by atoms with E-state index in [1.54, 1.807) is 7.11 Å². The molecule has 0 spiro atoms. The first-order valence-corrected chi connectivity index (χ1v) is 7.29. The third-order valence-corrected chi connectivity index (χ3v) is 4.05. The SMILES string of the molecule is CCc1cc(OC)ccc1CN1CCC(CNC)C1.Cl. The van der Waals surface area contributed by atoms with Crippen molar-refractivity contribution in [2.45, 2.75) is 26.3 Å². The summed E-state index contributed by atoms with van der Waals surface area (Å²) in [5, 5.41) is 3.29. The molecule has 2 rings (SSSR count). The summed E-state index contributed by atoms with van der Waals surface area (Å²) in [6.45, 7) is 6.87. The number of methoxy groups -OCH3 is 1. The van der Waals surface area contributed by atoms with Gasteiger partial charge in [0.05, 0.1) is 7.11 Å². The van der Waals surface area contributed by atoms with Crippen LogP contribution in [0.5, 0.6) is 5.75 Å². The van der Waals surface area contributed by atoms with Crippen LogP contribution < -0.4 is 10.1 Å². The van der Waals surface area contributed by atoms with Gasteiger partial charge in [-0.05, 0) is 62.2 Å². The zero-order valence-corrected chi connectivity index (χ0v) is 13.6. The molecule has 1 heterocycles. The molecular formula is C16H27ClN2O. The first kappa shape index (κ1) is 17.3.